The van der Waals surface area contributed by atoms with E-state index in [4.69, 9.17) is 5.73 Å². The summed E-state index contributed by atoms with van der Waals surface area (Å²) < 4.78 is 0. The number of carbonyl (C=O) groups excluding carboxylic acids is 1. The molecule has 0 radical (unpaired) electrons. The number of amides is 1. The SMILES string of the molecule is CC1=NC(C)=C(C#N)C(c2cccc(C(=O)Nc3cccc(N)n3)c2)C1C#N. The number of nitrogens with zero attached hydrogens (tertiary/aromatic N) is 4. The van der Waals surface area contributed by atoms with Crippen LogP contribution in [0.1, 0.15) is 35.7 Å². The maximum Gasteiger partial charge on any atom is 0.256 e. The number of aromatic nitrogens is 1. The Bertz CT molecular complexity index is 1090. The molecule has 2 aromatic rings. The molecule has 0 bridgehead atoms. The van der Waals surface area contributed by atoms with Crippen LogP contribution in [-0.2, 0) is 0 Å². The van der Waals surface area contributed by atoms with Gasteiger partial charge in [-0.05, 0) is 43.7 Å². The highest BCUT2D eigenvalue weighted by molar-refractivity contribution is 6.04. The number of pyridine rings is 1. The van der Waals surface area contributed by atoms with Crippen LogP contribution in [0.15, 0.2) is 58.7 Å². The molecule has 7 heteroatoms. The first-order chi connectivity index (χ1) is 13.4. The molecule has 1 aromatic heterocycles. The minimum Gasteiger partial charge on any atom is -0.384 e. The largest absolute Gasteiger partial charge is 0.384 e. The molecule has 1 amide bonds. The van der Waals surface area contributed by atoms with E-state index in [2.05, 4.69) is 27.4 Å². The fourth-order valence-corrected chi connectivity index (χ4v) is 3.29. The number of nitrogens with two attached hydrogens (primary N) is 1. The highest BCUT2D eigenvalue weighted by Gasteiger charge is 2.34. The number of nitrogens with one attached hydrogen (secondary N) is 1. The summed E-state index contributed by atoms with van der Waals surface area (Å²) in [4.78, 5) is 21.0. The molecule has 3 N–H and O–H groups in total. The summed E-state index contributed by atoms with van der Waals surface area (Å²) in [6, 6.07) is 16.3. The molecular formula is C21H18N6O. The predicted octanol–water partition coefficient (Wildman–Crippen LogP) is 3.41. The second kappa shape index (κ2) is 7.73. The number of allylic oxidation sites excluding steroid dienone is 2. The zero-order valence-corrected chi connectivity index (χ0v) is 15.5. The Morgan fingerprint density at radius 2 is 1.93 bits per heavy atom. The van der Waals surface area contributed by atoms with Crippen molar-refractivity contribution in [3.05, 3.63) is 64.9 Å². The molecule has 1 aliphatic heterocycles. The van der Waals surface area contributed by atoms with Gasteiger partial charge in [-0.1, -0.05) is 18.2 Å². The normalized spacial score (nSPS) is 18.6. The minimum absolute atomic E-state index is 0.305. The van der Waals surface area contributed by atoms with Gasteiger partial charge in [-0.25, -0.2) is 4.98 Å². The van der Waals surface area contributed by atoms with Gasteiger partial charge in [0.15, 0.2) is 0 Å². The second-order valence-corrected chi connectivity index (χ2v) is 6.48. The van der Waals surface area contributed by atoms with Crippen molar-refractivity contribution in [2.24, 2.45) is 10.9 Å². The number of hydrogen-bond donors (Lipinski definition) is 2. The van der Waals surface area contributed by atoms with Crippen molar-refractivity contribution in [2.45, 2.75) is 19.8 Å². The van der Waals surface area contributed by atoms with Crippen molar-refractivity contribution in [3.8, 4) is 12.1 Å². The Balaban J connectivity index is 1.96. The molecule has 2 heterocycles. The van der Waals surface area contributed by atoms with Crippen LogP contribution in [0.2, 0.25) is 0 Å². The summed E-state index contributed by atoms with van der Waals surface area (Å²) in [6.07, 6.45) is 0. The molecule has 1 aliphatic rings. The molecule has 138 valence electrons. The van der Waals surface area contributed by atoms with Crippen LogP contribution in [0.3, 0.4) is 0 Å². The molecule has 3 rings (SSSR count). The number of aliphatic imine (C=N–C) groups is 1. The van der Waals surface area contributed by atoms with Gasteiger partial charge in [-0.15, -0.1) is 0 Å². The highest BCUT2D eigenvalue weighted by Crippen LogP contribution is 2.38. The third kappa shape index (κ3) is 3.60. The quantitative estimate of drug-likeness (QED) is 0.855. The zero-order valence-electron chi connectivity index (χ0n) is 15.5. The number of hydrogen-bond acceptors (Lipinski definition) is 6. The zero-order chi connectivity index (χ0) is 20.3. The first-order valence-corrected chi connectivity index (χ1v) is 8.64. The van der Waals surface area contributed by atoms with Crippen molar-refractivity contribution in [2.75, 3.05) is 11.1 Å². The highest BCUT2D eigenvalue weighted by atomic mass is 16.1. The molecule has 0 aliphatic carbocycles. The van der Waals surface area contributed by atoms with Gasteiger partial charge in [-0.3, -0.25) is 9.79 Å². The minimum atomic E-state index is -0.563. The van der Waals surface area contributed by atoms with Crippen LogP contribution in [0, 0.1) is 28.6 Å². The van der Waals surface area contributed by atoms with Gasteiger partial charge in [-0.2, -0.15) is 10.5 Å². The van der Waals surface area contributed by atoms with Crippen molar-refractivity contribution >= 4 is 23.3 Å². The van der Waals surface area contributed by atoms with Crippen molar-refractivity contribution in [3.63, 3.8) is 0 Å². The lowest BCUT2D eigenvalue weighted by Gasteiger charge is -2.27. The average Bonchev–Trinajstić information content (AvgIpc) is 2.67. The van der Waals surface area contributed by atoms with Gasteiger partial charge < -0.3 is 11.1 Å². The van der Waals surface area contributed by atoms with Crippen molar-refractivity contribution in [1.82, 2.24) is 4.98 Å². The first kappa shape index (κ1) is 18.8. The summed E-state index contributed by atoms with van der Waals surface area (Å²) >= 11 is 0. The smallest absolute Gasteiger partial charge is 0.256 e. The number of rotatable bonds is 3. The summed E-state index contributed by atoms with van der Waals surface area (Å²) in [5, 5.41) is 21.9. The lowest BCUT2D eigenvalue weighted by Crippen LogP contribution is -2.25. The summed E-state index contributed by atoms with van der Waals surface area (Å²) in [5.41, 5.74) is 8.44. The molecule has 0 spiro atoms. The van der Waals surface area contributed by atoms with Gasteiger partial charge in [0, 0.05) is 17.2 Å². The summed E-state index contributed by atoms with van der Waals surface area (Å²) in [6.45, 7) is 3.53. The van der Waals surface area contributed by atoms with E-state index in [0.29, 0.717) is 39.7 Å². The summed E-state index contributed by atoms with van der Waals surface area (Å²) in [7, 11) is 0. The average molecular weight is 370 g/mol. The van der Waals surface area contributed by atoms with E-state index >= 15 is 0 Å². The van der Waals surface area contributed by atoms with Crippen LogP contribution in [0.5, 0.6) is 0 Å². The Morgan fingerprint density at radius 1 is 1.18 bits per heavy atom. The van der Waals surface area contributed by atoms with Gasteiger partial charge in [0.2, 0.25) is 0 Å². The number of nitrogen functional groups attached to an aromatic ring is 1. The monoisotopic (exact) mass is 370 g/mol. The maximum absolute atomic E-state index is 12.6. The van der Waals surface area contributed by atoms with E-state index in [-0.39, 0.29) is 5.91 Å². The molecule has 2 unspecified atom stereocenters. The first-order valence-electron chi connectivity index (χ1n) is 8.64. The van der Waals surface area contributed by atoms with Gasteiger partial charge in [0.1, 0.15) is 11.6 Å². The second-order valence-electron chi connectivity index (χ2n) is 6.48. The Morgan fingerprint density at radius 3 is 2.61 bits per heavy atom. The maximum atomic E-state index is 12.6. The molecule has 28 heavy (non-hydrogen) atoms. The topological polar surface area (TPSA) is 128 Å². The standard InChI is InChI=1S/C21H18N6O/c1-12-16(10-22)20(17(11-23)13(2)25-12)14-5-3-6-15(9-14)21(28)27-19-8-4-7-18(24)26-19/h3-9,16,20H,1-2H3,(H3,24,26,27,28). The van der Waals surface area contributed by atoms with Gasteiger partial charge in [0.05, 0.1) is 29.3 Å². The van der Waals surface area contributed by atoms with Gasteiger partial charge >= 0.3 is 0 Å². The Kier molecular flexibility index (Phi) is 5.19. The van der Waals surface area contributed by atoms with Crippen molar-refractivity contribution in [1.29, 1.82) is 10.5 Å². The number of carbonyl (C=O) groups is 1. The fraction of sp³-hybridized carbons (Fsp3) is 0.190. The molecule has 0 saturated heterocycles. The molecule has 1 aromatic carbocycles. The van der Waals surface area contributed by atoms with Crippen molar-refractivity contribution < 1.29 is 4.79 Å². The fourth-order valence-electron chi connectivity index (χ4n) is 3.29. The van der Waals surface area contributed by atoms with E-state index < -0.39 is 11.8 Å². The Hall–Kier alpha value is -3.97. The lowest BCUT2D eigenvalue weighted by atomic mass is 9.76. The number of nitriles is 2. The van der Waals surface area contributed by atoms with Crippen LogP contribution in [0.25, 0.3) is 0 Å². The summed E-state index contributed by atoms with van der Waals surface area (Å²) in [5.74, 6) is -0.731. The van der Waals surface area contributed by atoms with Crippen LogP contribution in [-0.4, -0.2) is 16.6 Å². The van der Waals surface area contributed by atoms with E-state index in [1.165, 1.54) is 0 Å². The number of anilines is 2. The van der Waals surface area contributed by atoms with Crippen LogP contribution < -0.4 is 11.1 Å². The third-order valence-electron chi connectivity index (χ3n) is 4.61. The molecule has 2 atom stereocenters. The molecule has 0 fully saturated rings. The molecule has 7 nitrogen and oxygen atoms in total. The Labute approximate surface area is 162 Å². The van der Waals surface area contributed by atoms with Crippen LogP contribution >= 0.6 is 0 Å². The molecular weight excluding hydrogens is 352 g/mol. The van der Waals surface area contributed by atoms with E-state index in [1.54, 1.807) is 50.2 Å². The van der Waals surface area contributed by atoms with Crippen LogP contribution in [0.4, 0.5) is 11.6 Å². The molecule has 0 saturated carbocycles. The van der Waals surface area contributed by atoms with Gasteiger partial charge in [0.25, 0.3) is 5.91 Å². The van der Waals surface area contributed by atoms with E-state index in [0.717, 1.165) is 0 Å². The van der Waals surface area contributed by atoms with E-state index in [9.17, 15) is 15.3 Å². The lowest BCUT2D eigenvalue weighted by molar-refractivity contribution is 0.102. The number of benzene rings is 1. The van der Waals surface area contributed by atoms with E-state index in [1.807, 2.05) is 6.07 Å². The third-order valence-corrected chi connectivity index (χ3v) is 4.61. The predicted molar refractivity (Wildman–Crippen MR) is 106 cm³/mol.